The molecule has 2 unspecified atom stereocenters. The molecule has 4 aromatic rings. The SMILES string of the molecule is CC(CCO)C1C=C(c2cncc(-c3cc(-c4ccccc4F)nc4ncccc34)n2)C=N1. The van der Waals surface area contributed by atoms with E-state index in [-0.39, 0.29) is 24.4 Å². The summed E-state index contributed by atoms with van der Waals surface area (Å²) in [6, 6.07) is 12.2. The maximum absolute atomic E-state index is 14.5. The van der Waals surface area contributed by atoms with Crippen LogP contribution in [-0.4, -0.2) is 43.9 Å². The molecule has 0 fully saturated rings. The minimum atomic E-state index is -0.346. The van der Waals surface area contributed by atoms with E-state index >= 15 is 0 Å². The molecule has 1 aromatic carbocycles. The van der Waals surface area contributed by atoms with Gasteiger partial charge in [0.15, 0.2) is 5.65 Å². The van der Waals surface area contributed by atoms with Gasteiger partial charge in [-0.25, -0.2) is 19.3 Å². The number of aliphatic hydroxyl groups is 1. The van der Waals surface area contributed by atoms with Crippen LogP contribution in [-0.2, 0) is 0 Å². The van der Waals surface area contributed by atoms with Crippen LogP contribution in [0.3, 0.4) is 0 Å². The van der Waals surface area contributed by atoms with Crippen LogP contribution < -0.4 is 0 Å². The van der Waals surface area contributed by atoms with E-state index in [4.69, 9.17) is 4.98 Å². The van der Waals surface area contributed by atoms with Crippen LogP contribution >= 0.6 is 0 Å². The largest absolute Gasteiger partial charge is 0.396 e. The highest BCUT2D eigenvalue weighted by Crippen LogP contribution is 2.32. The number of aliphatic imine (C=N–C) groups is 1. The van der Waals surface area contributed by atoms with Crippen LogP contribution in [0.1, 0.15) is 19.0 Å². The Morgan fingerprint density at radius 3 is 2.70 bits per heavy atom. The van der Waals surface area contributed by atoms with E-state index < -0.39 is 0 Å². The molecule has 4 heterocycles. The summed E-state index contributed by atoms with van der Waals surface area (Å²) in [6.07, 6.45) is 9.62. The molecule has 0 saturated heterocycles. The number of hydrogen-bond acceptors (Lipinski definition) is 6. The van der Waals surface area contributed by atoms with Crippen molar-refractivity contribution in [1.29, 1.82) is 0 Å². The Hall–Kier alpha value is -3.84. The van der Waals surface area contributed by atoms with Crippen molar-refractivity contribution in [3.05, 3.63) is 78.6 Å². The van der Waals surface area contributed by atoms with Gasteiger partial charge in [0.2, 0.25) is 0 Å². The molecule has 6 nitrogen and oxygen atoms in total. The lowest BCUT2D eigenvalue weighted by molar-refractivity contribution is 0.257. The molecule has 3 aromatic heterocycles. The molecular formula is C26H22FN5O. The Balaban J connectivity index is 1.60. The Morgan fingerprint density at radius 2 is 1.85 bits per heavy atom. The number of allylic oxidation sites excluding steroid dienone is 1. The molecule has 0 aliphatic carbocycles. The molecule has 1 aliphatic heterocycles. The van der Waals surface area contributed by atoms with Gasteiger partial charge >= 0.3 is 0 Å². The van der Waals surface area contributed by atoms with Gasteiger partial charge in [0.05, 0.1) is 35.5 Å². The average molecular weight is 439 g/mol. The van der Waals surface area contributed by atoms with Gasteiger partial charge in [-0.1, -0.05) is 19.1 Å². The highest BCUT2D eigenvalue weighted by Gasteiger charge is 2.20. The van der Waals surface area contributed by atoms with E-state index in [1.165, 1.54) is 6.07 Å². The zero-order valence-electron chi connectivity index (χ0n) is 18.1. The Bertz CT molecular complexity index is 1380. The standard InChI is InChI=1S/C26H22FN5O/c1-16(8-10-33)22-11-17(13-30-22)24-14-28-15-25(31-24)20-12-23(19-5-2-3-7-21(19)27)32-26-18(20)6-4-9-29-26/h2-7,9,11-16,22,33H,8,10H2,1H3. The maximum Gasteiger partial charge on any atom is 0.160 e. The Morgan fingerprint density at radius 1 is 1.00 bits per heavy atom. The molecule has 0 spiro atoms. The van der Waals surface area contributed by atoms with Crippen molar-refractivity contribution < 1.29 is 9.50 Å². The van der Waals surface area contributed by atoms with E-state index in [2.05, 4.69) is 32.9 Å². The van der Waals surface area contributed by atoms with Gasteiger partial charge in [-0.05, 0) is 48.7 Å². The summed E-state index contributed by atoms with van der Waals surface area (Å²) in [5.74, 6) is -0.111. The third-order valence-electron chi connectivity index (χ3n) is 5.84. The molecule has 0 amide bonds. The summed E-state index contributed by atoms with van der Waals surface area (Å²) in [4.78, 5) is 22.8. The number of halogens is 1. The van der Waals surface area contributed by atoms with Crippen LogP contribution in [0.2, 0.25) is 0 Å². The van der Waals surface area contributed by atoms with E-state index in [1.54, 1.807) is 36.8 Å². The molecule has 0 saturated carbocycles. The van der Waals surface area contributed by atoms with Crippen LogP contribution in [0.15, 0.2) is 72.1 Å². The highest BCUT2D eigenvalue weighted by atomic mass is 19.1. The van der Waals surface area contributed by atoms with Gasteiger partial charge in [0.1, 0.15) is 5.82 Å². The van der Waals surface area contributed by atoms with Crippen LogP contribution in [0.4, 0.5) is 4.39 Å². The molecule has 0 bridgehead atoms. The summed E-state index contributed by atoms with van der Waals surface area (Å²) < 4.78 is 14.5. The number of hydrogen-bond donors (Lipinski definition) is 1. The first kappa shape index (κ1) is 21.0. The lowest BCUT2D eigenvalue weighted by Gasteiger charge is -2.13. The molecule has 1 aliphatic rings. The monoisotopic (exact) mass is 439 g/mol. The molecule has 7 heteroatoms. The predicted octanol–water partition coefficient (Wildman–Crippen LogP) is 4.75. The first-order valence-corrected chi connectivity index (χ1v) is 10.8. The minimum absolute atomic E-state index is 0.0104. The van der Waals surface area contributed by atoms with Gasteiger partial charge in [0.25, 0.3) is 0 Å². The highest BCUT2D eigenvalue weighted by molar-refractivity contribution is 6.11. The number of aromatic nitrogens is 4. The fourth-order valence-electron chi connectivity index (χ4n) is 3.98. The van der Waals surface area contributed by atoms with Gasteiger partial charge < -0.3 is 5.11 Å². The number of fused-ring (bicyclic) bond motifs is 1. The summed E-state index contributed by atoms with van der Waals surface area (Å²) in [7, 11) is 0. The van der Waals surface area contributed by atoms with Crippen molar-refractivity contribution in [3.63, 3.8) is 0 Å². The first-order chi connectivity index (χ1) is 16.1. The minimum Gasteiger partial charge on any atom is -0.396 e. The average Bonchev–Trinajstić information content (AvgIpc) is 3.35. The summed E-state index contributed by atoms with van der Waals surface area (Å²) >= 11 is 0. The summed E-state index contributed by atoms with van der Waals surface area (Å²) in [5.41, 5.74) is 4.43. The molecule has 2 atom stereocenters. The van der Waals surface area contributed by atoms with Gasteiger partial charge in [0, 0.05) is 41.1 Å². The van der Waals surface area contributed by atoms with Gasteiger partial charge in [-0.15, -0.1) is 0 Å². The van der Waals surface area contributed by atoms with Crippen molar-refractivity contribution in [3.8, 4) is 22.5 Å². The maximum atomic E-state index is 14.5. The van der Waals surface area contributed by atoms with Gasteiger partial charge in [-0.3, -0.25) is 9.98 Å². The number of benzene rings is 1. The van der Waals surface area contributed by atoms with E-state index in [1.807, 2.05) is 24.4 Å². The second-order valence-corrected chi connectivity index (χ2v) is 8.08. The quantitative estimate of drug-likeness (QED) is 0.469. The molecule has 33 heavy (non-hydrogen) atoms. The third kappa shape index (κ3) is 4.15. The molecule has 1 N–H and O–H groups in total. The Kier molecular flexibility index (Phi) is 5.71. The zero-order chi connectivity index (χ0) is 22.8. The lowest BCUT2D eigenvalue weighted by atomic mass is 9.98. The van der Waals surface area contributed by atoms with Crippen molar-refractivity contribution in [2.75, 3.05) is 6.61 Å². The van der Waals surface area contributed by atoms with Crippen molar-refractivity contribution in [2.45, 2.75) is 19.4 Å². The molecule has 5 rings (SSSR count). The third-order valence-corrected chi connectivity index (χ3v) is 5.84. The Labute approximate surface area is 190 Å². The summed E-state index contributed by atoms with van der Waals surface area (Å²) in [5, 5.41) is 10.0. The fourth-order valence-corrected chi connectivity index (χ4v) is 3.98. The number of pyridine rings is 2. The summed E-state index contributed by atoms with van der Waals surface area (Å²) in [6.45, 7) is 2.21. The number of aliphatic hydroxyl groups excluding tert-OH is 1. The predicted molar refractivity (Wildman–Crippen MR) is 127 cm³/mol. The van der Waals surface area contributed by atoms with E-state index in [9.17, 15) is 9.50 Å². The number of rotatable bonds is 6. The smallest absolute Gasteiger partial charge is 0.160 e. The van der Waals surface area contributed by atoms with Crippen LogP contribution in [0.5, 0.6) is 0 Å². The molecule has 0 radical (unpaired) electrons. The normalized spacial score (nSPS) is 16.2. The van der Waals surface area contributed by atoms with Crippen LogP contribution in [0.25, 0.3) is 39.1 Å². The van der Waals surface area contributed by atoms with Crippen LogP contribution in [0, 0.1) is 11.7 Å². The van der Waals surface area contributed by atoms with Crippen molar-refractivity contribution >= 4 is 22.8 Å². The zero-order valence-corrected chi connectivity index (χ0v) is 18.1. The molecular weight excluding hydrogens is 417 g/mol. The lowest BCUT2D eigenvalue weighted by Crippen LogP contribution is -2.12. The van der Waals surface area contributed by atoms with Crippen molar-refractivity contribution in [1.82, 2.24) is 19.9 Å². The second-order valence-electron chi connectivity index (χ2n) is 8.08. The first-order valence-electron chi connectivity index (χ1n) is 10.8. The van der Waals surface area contributed by atoms with Crippen molar-refractivity contribution in [2.24, 2.45) is 10.9 Å². The topological polar surface area (TPSA) is 84.2 Å². The van der Waals surface area contributed by atoms with E-state index in [0.717, 1.165) is 16.5 Å². The number of nitrogens with zero attached hydrogens (tertiary/aromatic N) is 5. The second kappa shape index (κ2) is 8.96. The van der Waals surface area contributed by atoms with Gasteiger partial charge in [-0.2, -0.15) is 0 Å². The fraction of sp³-hybridized carbons (Fsp3) is 0.192. The van der Waals surface area contributed by atoms with E-state index in [0.29, 0.717) is 34.7 Å². The molecule has 164 valence electrons.